The van der Waals surface area contributed by atoms with Crippen LogP contribution in [0.1, 0.15) is 19.8 Å². The Morgan fingerprint density at radius 2 is 1.96 bits per heavy atom. The molecule has 2 rings (SSSR count). The van der Waals surface area contributed by atoms with Crippen molar-refractivity contribution in [2.45, 2.75) is 25.8 Å². The van der Waals surface area contributed by atoms with E-state index in [-0.39, 0.29) is 17.9 Å². The van der Waals surface area contributed by atoms with Crippen LogP contribution in [-0.2, 0) is 4.79 Å². The van der Waals surface area contributed by atoms with Gasteiger partial charge in [-0.1, -0.05) is 67.7 Å². The molecule has 0 radical (unpaired) electrons. The van der Waals surface area contributed by atoms with Crippen molar-refractivity contribution >= 4 is 11.7 Å². The maximum absolute atomic E-state index is 12.4. The first-order valence-corrected chi connectivity index (χ1v) is 9.89. The molecule has 3 N–H and O–H groups in total. The van der Waals surface area contributed by atoms with E-state index in [1.54, 1.807) is 7.05 Å². The summed E-state index contributed by atoms with van der Waals surface area (Å²) in [5.41, 5.74) is 2.27. The van der Waals surface area contributed by atoms with Crippen LogP contribution in [0.4, 0.5) is 0 Å². The summed E-state index contributed by atoms with van der Waals surface area (Å²) in [4.78, 5) is 16.8. The highest BCUT2D eigenvalue weighted by Crippen LogP contribution is 2.15. The molecule has 0 fully saturated rings. The van der Waals surface area contributed by atoms with Crippen LogP contribution in [0.3, 0.4) is 0 Å². The van der Waals surface area contributed by atoms with Gasteiger partial charge in [0.15, 0.2) is 0 Å². The Kier molecular flexibility index (Phi) is 9.22. The normalized spacial score (nSPS) is 20.1. The molecular weight excluding hydrogens is 348 g/mol. The summed E-state index contributed by atoms with van der Waals surface area (Å²) in [6.45, 7) is 3.15. The Balaban J connectivity index is 1.79. The van der Waals surface area contributed by atoms with Crippen LogP contribution in [0.2, 0.25) is 0 Å². The second-order valence-electron chi connectivity index (χ2n) is 6.86. The van der Waals surface area contributed by atoms with Crippen LogP contribution >= 0.6 is 0 Å². The molecule has 0 aromatic rings. The molecular formula is C23H32N4O. The highest BCUT2D eigenvalue weighted by molar-refractivity contribution is 6.00. The fraction of sp³-hybridized carbons (Fsp3) is 0.391. The van der Waals surface area contributed by atoms with Crippen molar-refractivity contribution in [3.05, 3.63) is 71.9 Å². The standard InChI is InChI=1S/C23H32N4O/c1-18(17-19-11-7-4-5-8-12-19)23(28)27-16-15-26-22(25-3)20-13-9-6-10-14-21(20)24-2/h4,6-14,18,21,24H,5,15-17H2,1-3H3,(H,25,26)(H,27,28). The molecule has 2 atom stereocenters. The summed E-state index contributed by atoms with van der Waals surface area (Å²) >= 11 is 0. The van der Waals surface area contributed by atoms with Crippen LogP contribution in [0.25, 0.3) is 0 Å². The van der Waals surface area contributed by atoms with E-state index in [4.69, 9.17) is 0 Å². The third-order valence-corrected chi connectivity index (χ3v) is 4.70. The largest absolute Gasteiger partial charge is 0.368 e. The predicted octanol–water partition coefficient (Wildman–Crippen LogP) is 2.83. The molecule has 0 saturated carbocycles. The zero-order valence-corrected chi connectivity index (χ0v) is 17.1. The van der Waals surface area contributed by atoms with Crippen LogP contribution < -0.4 is 16.0 Å². The van der Waals surface area contributed by atoms with E-state index in [0.29, 0.717) is 13.1 Å². The van der Waals surface area contributed by atoms with Crippen LogP contribution in [0.5, 0.6) is 0 Å². The summed E-state index contributed by atoms with van der Waals surface area (Å²) in [6, 6.07) is 0.103. The fourth-order valence-electron chi connectivity index (χ4n) is 3.14. The monoisotopic (exact) mass is 380 g/mol. The topological polar surface area (TPSA) is 65.5 Å². The van der Waals surface area contributed by atoms with Gasteiger partial charge in [0.05, 0.1) is 6.04 Å². The van der Waals surface area contributed by atoms with Crippen LogP contribution in [0.15, 0.2) is 76.9 Å². The number of carbonyl (C=O) groups excluding carboxylic acids is 1. The summed E-state index contributed by atoms with van der Waals surface area (Å²) in [5.74, 6) is 0.848. The summed E-state index contributed by atoms with van der Waals surface area (Å²) in [5, 5.41) is 9.64. The number of aliphatic imine (C=N–C) groups is 1. The number of likely N-dealkylation sites (N-methyl/N-ethyl adjacent to an activating group) is 1. The lowest BCUT2D eigenvalue weighted by Crippen LogP contribution is -2.40. The van der Waals surface area contributed by atoms with E-state index in [1.165, 1.54) is 5.57 Å². The van der Waals surface area contributed by atoms with Crippen LogP contribution in [0, 0.1) is 5.92 Å². The number of hydrogen-bond donors (Lipinski definition) is 3. The first kappa shape index (κ1) is 21.6. The average molecular weight is 381 g/mol. The highest BCUT2D eigenvalue weighted by atomic mass is 16.1. The van der Waals surface area contributed by atoms with E-state index >= 15 is 0 Å². The van der Waals surface area contributed by atoms with E-state index in [0.717, 1.165) is 24.3 Å². The van der Waals surface area contributed by atoms with Gasteiger partial charge in [-0.05, 0) is 25.5 Å². The SMILES string of the molecule is CN=C(NCCNC(=O)C(C)CC1=CC=CCC=C1)C1=CC=CC=CC1NC. The third-order valence-electron chi connectivity index (χ3n) is 4.70. The lowest BCUT2D eigenvalue weighted by atomic mass is 10.00. The lowest BCUT2D eigenvalue weighted by molar-refractivity contribution is -0.124. The lowest BCUT2D eigenvalue weighted by Gasteiger charge is -2.19. The molecule has 5 nitrogen and oxygen atoms in total. The molecule has 150 valence electrons. The Bertz CT molecular complexity index is 738. The zero-order chi connectivity index (χ0) is 20.2. The minimum Gasteiger partial charge on any atom is -0.368 e. The number of rotatable bonds is 8. The summed E-state index contributed by atoms with van der Waals surface area (Å²) in [7, 11) is 3.70. The maximum atomic E-state index is 12.4. The second-order valence-corrected chi connectivity index (χ2v) is 6.86. The predicted molar refractivity (Wildman–Crippen MR) is 118 cm³/mol. The van der Waals surface area contributed by atoms with Gasteiger partial charge in [-0.25, -0.2) is 0 Å². The second kappa shape index (κ2) is 11.9. The molecule has 2 unspecified atom stereocenters. The van der Waals surface area contributed by atoms with Gasteiger partial charge in [-0.15, -0.1) is 0 Å². The van der Waals surface area contributed by atoms with Gasteiger partial charge in [0.2, 0.25) is 5.91 Å². The first-order valence-electron chi connectivity index (χ1n) is 9.89. The molecule has 0 aromatic carbocycles. The maximum Gasteiger partial charge on any atom is 0.223 e. The van der Waals surface area contributed by atoms with Gasteiger partial charge in [-0.3, -0.25) is 9.79 Å². The van der Waals surface area contributed by atoms with Gasteiger partial charge < -0.3 is 16.0 Å². The fourth-order valence-corrected chi connectivity index (χ4v) is 3.14. The molecule has 0 heterocycles. The number of hydrogen-bond acceptors (Lipinski definition) is 3. The Morgan fingerprint density at radius 1 is 1.14 bits per heavy atom. The van der Waals surface area contributed by atoms with Gasteiger partial charge in [0.25, 0.3) is 0 Å². The van der Waals surface area contributed by atoms with Gasteiger partial charge in [0.1, 0.15) is 5.84 Å². The van der Waals surface area contributed by atoms with Crippen molar-refractivity contribution in [1.29, 1.82) is 0 Å². The van der Waals surface area contributed by atoms with E-state index in [2.05, 4.69) is 63.5 Å². The summed E-state index contributed by atoms with van der Waals surface area (Å²) in [6.07, 6.45) is 22.4. The quantitative estimate of drug-likeness (QED) is 0.345. The van der Waals surface area contributed by atoms with E-state index in [9.17, 15) is 4.79 Å². The minimum absolute atomic E-state index is 0.0600. The first-order chi connectivity index (χ1) is 13.7. The number of carbonyl (C=O) groups is 1. The van der Waals surface area contributed by atoms with Crippen molar-refractivity contribution in [1.82, 2.24) is 16.0 Å². The molecule has 28 heavy (non-hydrogen) atoms. The molecule has 0 bridgehead atoms. The highest BCUT2D eigenvalue weighted by Gasteiger charge is 2.16. The number of allylic oxidation sites excluding steroid dienone is 10. The number of amidine groups is 1. The van der Waals surface area contributed by atoms with Gasteiger partial charge in [-0.2, -0.15) is 0 Å². The molecule has 2 aliphatic carbocycles. The van der Waals surface area contributed by atoms with Crippen molar-refractivity contribution in [2.24, 2.45) is 10.9 Å². The minimum atomic E-state index is -0.0600. The van der Waals surface area contributed by atoms with Gasteiger partial charge >= 0.3 is 0 Å². The van der Waals surface area contributed by atoms with Crippen LogP contribution in [-0.4, -0.2) is 45.0 Å². The zero-order valence-electron chi connectivity index (χ0n) is 17.1. The van der Waals surface area contributed by atoms with Crippen molar-refractivity contribution < 1.29 is 4.79 Å². The summed E-state index contributed by atoms with van der Waals surface area (Å²) < 4.78 is 0. The Labute approximate surface area is 168 Å². The average Bonchev–Trinajstić information content (AvgIpc) is 3.10. The molecule has 0 spiro atoms. The molecule has 0 aromatic heterocycles. The Morgan fingerprint density at radius 3 is 2.75 bits per heavy atom. The number of amides is 1. The molecule has 5 heteroatoms. The third kappa shape index (κ3) is 6.82. The number of nitrogens with one attached hydrogen (secondary N) is 3. The van der Waals surface area contributed by atoms with E-state index in [1.807, 2.05) is 32.2 Å². The van der Waals surface area contributed by atoms with Crippen molar-refractivity contribution in [3.63, 3.8) is 0 Å². The smallest absolute Gasteiger partial charge is 0.223 e. The van der Waals surface area contributed by atoms with E-state index < -0.39 is 0 Å². The van der Waals surface area contributed by atoms with Gasteiger partial charge in [0, 0.05) is 31.6 Å². The molecule has 2 aliphatic rings. The molecule has 1 amide bonds. The molecule has 0 saturated heterocycles. The number of nitrogens with zero attached hydrogens (tertiary/aromatic N) is 1. The van der Waals surface area contributed by atoms with Crippen molar-refractivity contribution in [3.8, 4) is 0 Å². The Hall–Kier alpha value is -2.66. The van der Waals surface area contributed by atoms with Crippen molar-refractivity contribution in [2.75, 3.05) is 27.2 Å². The molecule has 0 aliphatic heterocycles.